The van der Waals surface area contributed by atoms with Crippen molar-refractivity contribution >= 4 is 53.7 Å². The summed E-state index contributed by atoms with van der Waals surface area (Å²) in [5.74, 6) is 0.968. The smallest absolute Gasteiger partial charge is 0.147 e. The standard InChI is InChI=1S/C4H12Ge.3ClH/c1-4(2)3-5;;;/h4H,3H2,1-2,5H3;3*1H. The minimum atomic E-state index is 0. The second-order valence-electron chi connectivity index (χ2n) is 1.80. The van der Waals surface area contributed by atoms with Crippen molar-refractivity contribution in [2.45, 2.75) is 19.1 Å². The van der Waals surface area contributed by atoms with Crippen LogP contribution >= 0.6 is 37.2 Å². The van der Waals surface area contributed by atoms with Gasteiger partial charge in [0.25, 0.3) is 0 Å². The van der Waals surface area contributed by atoms with E-state index in [0.29, 0.717) is 0 Å². The fourth-order valence-electron chi connectivity index (χ4n) is 0. The van der Waals surface area contributed by atoms with Crippen molar-refractivity contribution in [3.05, 3.63) is 0 Å². The van der Waals surface area contributed by atoms with Crippen LogP contribution in [0, 0.1) is 5.92 Å². The predicted octanol–water partition coefficient (Wildman–Crippen LogP) is 1.69. The molecule has 0 amide bonds. The minimum absolute atomic E-state index is 0. The van der Waals surface area contributed by atoms with Crippen molar-refractivity contribution in [1.29, 1.82) is 0 Å². The Morgan fingerprint density at radius 3 is 1.25 bits per heavy atom. The van der Waals surface area contributed by atoms with Crippen LogP contribution in [-0.2, 0) is 0 Å². The second-order valence-corrected chi connectivity index (χ2v) is 3.52. The second kappa shape index (κ2) is 15.8. The molecule has 0 aromatic heterocycles. The maximum absolute atomic E-state index is 2.27. The van der Waals surface area contributed by atoms with Gasteiger partial charge in [-0.3, -0.25) is 0 Å². The van der Waals surface area contributed by atoms with Crippen molar-refractivity contribution in [3.8, 4) is 0 Å². The normalized spacial score (nSPS) is 6.38. The first kappa shape index (κ1) is 22.7. The van der Waals surface area contributed by atoms with E-state index in [0.717, 1.165) is 22.4 Å². The molecule has 0 radical (unpaired) electrons. The third-order valence-electron chi connectivity index (χ3n) is 0.816. The summed E-state index contributed by atoms with van der Waals surface area (Å²) < 4.78 is 0. The summed E-state index contributed by atoms with van der Waals surface area (Å²) in [6.45, 7) is 4.54. The number of halogens is 3. The fourth-order valence-corrected chi connectivity index (χ4v) is 0. The fraction of sp³-hybridized carbons (Fsp3) is 1.00. The Morgan fingerprint density at radius 1 is 1.12 bits per heavy atom. The van der Waals surface area contributed by atoms with Crippen molar-refractivity contribution in [2.75, 3.05) is 0 Å². The third-order valence-corrected chi connectivity index (χ3v) is 4.24. The van der Waals surface area contributed by atoms with Gasteiger partial charge in [-0.15, -0.1) is 37.2 Å². The van der Waals surface area contributed by atoms with E-state index in [1.807, 2.05) is 0 Å². The van der Waals surface area contributed by atoms with Gasteiger partial charge in [-0.25, -0.2) is 0 Å². The number of hydrogen-bond acceptors (Lipinski definition) is 0. The molecule has 0 aliphatic carbocycles. The van der Waals surface area contributed by atoms with Crippen LogP contribution < -0.4 is 0 Å². The molecule has 0 aromatic rings. The molecule has 0 aliphatic rings. The maximum Gasteiger partial charge on any atom is -0.147 e. The van der Waals surface area contributed by atoms with E-state index in [1.165, 1.54) is 5.25 Å². The Labute approximate surface area is 78.6 Å². The average molecular weight is 242 g/mol. The predicted molar refractivity (Wildman–Crippen MR) is 51.3 cm³/mol. The summed E-state index contributed by atoms with van der Waals surface area (Å²) in [5, 5.41) is 1.49. The molecule has 0 bridgehead atoms. The van der Waals surface area contributed by atoms with E-state index in [9.17, 15) is 0 Å². The Hall–Kier alpha value is 1.41. The van der Waals surface area contributed by atoms with Crippen molar-refractivity contribution in [2.24, 2.45) is 5.92 Å². The Kier molecular flexibility index (Phi) is 44.8. The monoisotopic (exact) mass is 242 g/mol. The van der Waals surface area contributed by atoms with Gasteiger partial charge in [0.2, 0.25) is 0 Å². The van der Waals surface area contributed by atoms with Gasteiger partial charge in [-0.1, -0.05) is 0 Å². The SMILES string of the molecule is CC(C)[CH2][GeH3].Cl.Cl.Cl. The van der Waals surface area contributed by atoms with E-state index in [-0.39, 0.29) is 37.2 Å². The molecule has 0 saturated carbocycles. The van der Waals surface area contributed by atoms with Crippen LogP contribution in [-0.4, -0.2) is 16.5 Å². The van der Waals surface area contributed by atoms with E-state index < -0.39 is 0 Å². The third kappa shape index (κ3) is 26.2. The summed E-state index contributed by atoms with van der Waals surface area (Å²) in [6.07, 6.45) is 0. The molecule has 0 nitrogen and oxygen atoms in total. The molecule has 0 saturated heterocycles. The number of rotatable bonds is 1. The van der Waals surface area contributed by atoms with E-state index in [4.69, 9.17) is 0 Å². The van der Waals surface area contributed by atoms with Crippen LogP contribution in [0.4, 0.5) is 0 Å². The Balaban J connectivity index is -0.0000000267. The molecule has 0 spiro atoms. The topological polar surface area (TPSA) is 0 Å². The summed E-state index contributed by atoms with van der Waals surface area (Å²) in [7, 11) is 0. The molecule has 56 valence electrons. The summed E-state index contributed by atoms with van der Waals surface area (Å²) in [6, 6.07) is 0. The van der Waals surface area contributed by atoms with Crippen LogP contribution in [0.2, 0.25) is 5.25 Å². The molecular weight excluding hydrogens is 227 g/mol. The zero-order chi connectivity index (χ0) is 4.28. The van der Waals surface area contributed by atoms with Crippen LogP contribution in [0.5, 0.6) is 0 Å². The first-order valence-corrected chi connectivity index (χ1v) is 5.24. The molecule has 0 atom stereocenters. The van der Waals surface area contributed by atoms with Crippen molar-refractivity contribution < 1.29 is 0 Å². The molecule has 0 aliphatic heterocycles. The Bertz CT molecular complexity index is 25.2. The Morgan fingerprint density at radius 2 is 1.25 bits per heavy atom. The quantitative estimate of drug-likeness (QED) is 0.614. The van der Waals surface area contributed by atoms with Crippen molar-refractivity contribution in [3.63, 3.8) is 0 Å². The summed E-state index contributed by atoms with van der Waals surface area (Å²) in [4.78, 5) is 0. The van der Waals surface area contributed by atoms with Crippen LogP contribution in [0.1, 0.15) is 13.8 Å². The first-order chi connectivity index (χ1) is 2.27. The number of hydrogen-bond donors (Lipinski definition) is 0. The zero-order valence-corrected chi connectivity index (χ0v) is 12.2. The van der Waals surface area contributed by atoms with Crippen LogP contribution in [0.15, 0.2) is 0 Å². The van der Waals surface area contributed by atoms with Gasteiger partial charge in [-0.2, -0.15) is 0 Å². The van der Waals surface area contributed by atoms with Gasteiger partial charge in [0.1, 0.15) is 0 Å². The summed E-state index contributed by atoms with van der Waals surface area (Å²) >= 11 is 1.08. The van der Waals surface area contributed by atoms with Gasteiger partial charge in [0, 0.05) is 0 Å². The van der Waals surface area contributed by atoms with Crippen molar-refractivity contribution in [1.82, 2.24) is 0 Å². The van der Waals surface area contributed by atoms with Gasteiger partial charge in [0.05, 0.1) is 0 Å². The van der Waals surface area contributed by atoms with Gasteiger partial charge in [0.15, 0.2) is 0 Å². The largest absolute Gasteiger partial charge is 0.147 e. The molecule has 4 heteroatoms. The molecule has 0 aromatic carbocycles. The maximum atomic E-state index is 2.27. The van der Waals surface area contributed by atoms with Gasteiger partial charge < -0.3 is 0 Å². The van der Waals surface area contributed by atoms with Crippen LogP contribution in [0.3, 0.4) is 0 Å². The molecule has 0 heterocycles. The molecule has 8 heavy (non-hydrogen) atoms. The zero-order valence-electron chi connectivity index (χ0n) is 5.51. The molecular formula is C4H15Cl3Ge. The molecule has 0 rings (SSSR count). The molecule has 0 unspecified atom stereocenters. The van der Waals surface area contributed by atoms with Gasteiger partial charge >= 0.3 is 41.5 Å². The van der Waals surface area contributed by atoms with E-state index in [2.05, 4.69) is 13.8 Å². The van der Waals surface area contributed by atoms with E-state index in [1.54, 1.807) is 0 Å². The first-order valence-electron chi connectivity index (χ1n) is 2.27. The molecule has 0 N–H and O–H groups in total. The van der Waals surface area contributed by atoms with E-state index >= 15 is 0 Å². The van der Waals surface area contributed by atoms with Crippen LogP contribution in [0.25, 0.3) is 0 Å². The van der Waals surface area contributed by atoms with Gasteiger partial charge in [-0.05, 0) is 0 Å². The molecule has 0 fully saturated rings. The average Bonchev–Trinajstić information content (AvgIpc) is 1.38. The summed E-state index contributed by atoms with van der Waals surface area (Å²) in [5.41, 5.74) is 0. The minimum Gasteiger partial charge on any atom is -0.147 e.